The van der Waals surface area contributed by atoms with E-state index in [1.165, 1.54) is 6.07 Å². The van der Waals surface area contributed by atoms with Crippen molar-refractivity contribution in [1.29, 1.82) is 0 Å². The maximum absolute atomic E-state index is 12.6. The second-order valence-electron chi connectivity index (χ2n) is 5.87. The van der Waals surface area contributed by atoms with Crippen LogP contribution in [0.4, 0.5) is 18.0 Å². The van der Waals surface area contributed by atoms with E-state index in [1.807, 2.05) is 6.92 Å². The first-order valence-corrected chi connectivity index (χ1v) is 7.58. The van der Waals surface area contributed by atoms with Gasteiger partial charge in [0.15, 0.2) is 0 Å². The lowest BCUT2D eigenvalue weighted by atomic mass is 10.0. The standard InChI is InChI=1S/C16H21F3N2O2/c1-10-7-13(16(17,18)19)4-3-12(10)9-20-15(22)21-14-5-6-23-11(2)8-14/h3-4,7,11,14H,5-6,8-9H2,1-2H3,(H2,20,21,22)/t11-,14+/m1/s1. The predicted octanol–water partition coefficient (Wildman–Crippen LogP) is 3.38. The number of amides is 2. The number of benzene rings is 1. The van der Waals surface area contributed by atoms with Crippen molar-refractivity contribution in [2.45, 2.75) is 51.6 Å². The number of halogens is 3. The van der Waals surface area contributed by atoms with Crippen LogP contribution in [0.5, 0.6) is 0 Å². The number of hydrogen-bond acceptors (Lipinski definition) is 2. The minimum Gasteiger partial charge on any atom is -0.378 e. The van der Waals surface area contributed by atoms with Gasteiger partial charge >= 0.3 is 12.2 Å². The highest BCUT2D eigenvalue weighted by atomic mass is 19.4. The van der Waals surface area contributed by atoms with E-state index in [2.05, 4.69) is 10.6 Å². The molecule has 0 aromatic heterocycles. The van der Waals surface area contributed by atoms with Gasteiger partial charge in [-0.15, -0.1) is 0 Å². The SMILES string of the molecule is Cc1cc(C(F)(F)F)ccc1CNC(=O)N[C@H]1CCO[C@H](C)C1. The summed E-state index contributed by atoms with van der Waals surface area (Å²) in [7, 11) is 0. The van der Waals surface area contributed by atoms with Crippen molar-refractivity contribution in [3.63, 3.8) is 0 Å². The van der Waals surface area contributed by atoms with Gasteiger partial charge in [0.2, 0.25) is 0 Å². The van der Waals surface area contributed by atoms with Crippen LogP contribution in [0.3, 0.4) is 0 Å². The average Bonchev–Trinajstić information content (AvgIpc) is 2.45. The Balaban J connectivity index is 1.86. The number of carbonyl (C=O) groups excluding carboxylic acids is 1. The van der Waals surface area contributed by atoms with Crippen molar-refractivity contribution in [3.05, 3.63) is 34.9 Å². The number of alkyl halides is 3. The van der Waals surface area contributed by atoms with Gasteiger partial charge in [-0.25, -0.2) is 4.79 Å². The van der Waals surface area contributed by atoms with Crippen LogP contribution >= 0.6 is 0 Å². The van der Waals surface area contributed by atoms with E-state index in [0.717, 1.165) is 25.0 Å². The molecule has 23 heavy (non-hydrogen) atoms. The Morgan fingerprint density at radius 1 is 1.39 bits per heavy atom. The van der Waals surface area contributed by atoms with E-state index in [9.17, 15) is 18.0 Å². The fraction of sp³-hybridized carbons (Fsp3) is 0.562. The molecule has 1 aliphatic rings. The molecule has 0 spiro atoms. The van der Waals surface area contributed by atoms with Gasteiger partial charge in [0.1, 0.15) is 0 Å². The van der Waals surface area contributed by atoms with Crippen LogP contribution in [0.2, 0.25) is 0 Å². The maximum Gasteiger partial charge on any atom is 0.416 e. The second-order valence-corrected chi connectivity index (χ2v) is 5.87. The molecule has 1 saturated heterocycles. The van der Waals surface area contributed by atoms with E-state index in [0.29, 0.717) is 17.7 Å². The molecule has 0 bridgehead atoms. The summed E-state index contributed by atoms with van der Waals surface area (Å²) in [6.45, 7) is 4.36. The summed E-state index contributed by atoms with van der Waals surface area (Å²) >= 11 is 0. The normalized spacial score (nSPS) is 21.8. The number of aryl methyl sites for hydroxylation is 1. The van der Waals surface area contributed by atoms with E-state index >= 15 is 0 Å². The summed E-state index contributed by atoms with van der Waals surface area (Å²) in [5.74, 6) is 0. The molecule has 4 nitrogen and oxygen atoms in total. The molecule has 0 saturated carbocycles. The van der Waals surface area contributed by atoms with Crippen LogP contribution < -0.4 is 10.6 Å². The van der Waals surface area contributed by atoms with Crippen molar-refractivity contribution >= 4 is 6.03 Å². The molecule has 2 N–H and O–H groups in total. The summed E-state index contributed by atoms with van der Waals surface area (Å²) in [6, 6.07) is 3.27. The molecule has 1 heterocycles. The van der Waals surface area contributed by atoms with Gasteiger partial charge in [-0.2, -0.15) is 13.2 Å². The zero-order valence-corrected chi connectivity index (χ0v) is 13.2. The lowest BCUT2D eigenvalue weighted by molar-refractivity contribution is -0.137. The van der Waals surface area contributed by atoms with Crippen LogP contribution in [-0.2, 0) is 17.5 Å². The first-order chi connectivity index (χ1) is 10.8. The summed E-state index contributed by atoms with van der Waals surface area (Å²) < 4.78 is 43.3. The highest BCUT2D eigenvalue weighted by Crippen LogP contribution is 2.30. The van der Waals surface area contributed by atoms with Crippen LogP contribution in [-0.4, -0.2) is 24.8 Å². The third-order valence-electron chi connectivity index (χ3n) is 3.93. The zero-order valence-electron chi connectivity index (χ0n) is 13.2. The van der Waals surface area contributed by atoms with Gasteiger partial charge in [-0.05, 0) is 49.9 Å². The Labute approximate surface area is 133 Å². The first-order valence-electron chi connectivity index (χ1n) is 7.58. The molecule has 2 amide bonds. The van der Waals surface area contributed by atoms with E-state index in [4.69, 9.17) is 4.74 Å². The summed E-state index contributed by atoms with van der Waals surface area (Å²) in [5, 5.41) is 5.55. The summed E-state index contributed by atoms with van der Waals surface area (Å²) in [5.41, 5.74) is 0.479. The number of carbonyl (C=O) groups is 1. The Morgan fingerprint density at radius 3 is 2.74 bits per heavy atom. The Morgan fingerprint density at radius 2 is 2.13 bits per heavy atom. The summed E-state index contributed by atoms with van der Waals surface area (Å²) in [4.78, 5) is 11.9. The van der Waals surface area contributed by atoms with Crippen molar-refractivity contribution in [2.75, 3.05) is 6.61 Å². The van der Waals surface area contributed by atoms with Gasteiger partial charge in [-0.3, -0.25) is 0 Å². The monoisotopic (exact) mass is 330 g/mol. The molecular weight excluding hydrogens is 309 g/mol. The second kappa shape index (κ2) is 7.21. The smallest absolute Gasteiger partial charge is 0.378 e. The minimum atomic E-state index is -4.35. The molecule has 7 heteroatoms. The van der Waals surface area contributed by atoms with Gasteiger partial charge in [0, 0.05) is 19.2 Å². The molecule has 1 aromatic carbocycles. The first kappa shape index (κ1) is 17.6. The maximum atomic E-state index is 12.6. The Hall–Kier alpha value is -1.76. The fourth-order valence-electron chi connectivity index (χ4n) is 2.61. The van der Waals surface area contributed by atoms with Crippen molar-refractivity contribution in [2.24, 2.45) is 0 Å². The van der Waals surface area contributed by atoms with E-state index < -0.39 is 11.7 Å². The highest BCUT2D eigenvalue weighted by Gasteiger charge is 2.30. The van der Waals surface area contributed by atoms with E-state index in [1.54, 1.807) is 6.92 Å². The largest absolute Gasteiger partial charge is 0.416 e. The van der Waals surface area contributed by atoms with Crippen LogP contribution in [0.25, 0.3) is 0 Å². The highest BCUT2D eigenvalue weighted by molar-refractivity contribution is 5.74. The van der Waals surface area contributed by atoms with Crippen molar-refractivity contribution in [1.82, 2.24) is 10.6 Å². The predicted molar refractivity (Wildman–Crippen MR) is 80.0 cm³/mol. The molecule has 0 radical (unpaired) electrons. The molecule has 1 fully saturated rings. The molecule has 2 atom stereocenters. The number of urea groups is 1. The molecule has 0 aliphatic carbocycles. The van der Waals surface area contributed by atoms with Crippen molar-refractivity contribution in [3.8, 4) is 0 Å². The average molecular weight is 330 g/mol. The van der Waals surface area contributed by atoms with Gasteiger partial charge in [0.05, 0.1) is 11.7 Å². The molecule has 2 rings (SSSR count). The minimum absolute atomic E-state index is 0.0625. The Kier molecular flexibility index (Phi) is 5.51. The van der Waals surface area contributed by atoms with Crippen LogP contribution in [0, 0.1) is 6.92 Å². The molecule has 0 unspecified atom stereocenters. The summed E-state index contributed by atoms with van der Waals surface area (Å²) in [6.07, 6.45) is -2.72. The van der Waals surface area contributed by atoms with Crippen LogP contribution in [0.15, 0.2) is 18.2 Å². The number of rotatable bonds is 3. The quantitative estimate of drug-likeness (QED) is 0.893. The lowest BCUT2D eigenvalue weighted by Gasteiger charge is -2.28. The molecule has 128 valence electrons. The van der Waals surface area contributed by atoms with Gasteiger partial charge in [0.25, 0.3) is 0 Å². The van der Waals surface area contributed by atoms with Gasteiger partial charge < -0.3 is 15.4 Å². The molecule has 1 aliphatic heterocycles. The fourth-order valence-corrected chi connectivity index (χ4v) is 2.61. The third kappa shape index (κ3) is 5.13. The lowest BCUT2D eigenvalue weighted by Crippen LogP contribution is -2.45. The van der Waals surface area contributed by atoms with E-state index in [-0.39, 0.29) is 24.7 Å². The third-order valence-corrected chi connectivity index (χ3v) is 3.93. The Bertz CT molecular complexity index is 561. The van der Waals surface area contributed by atoms with Crippen LogP contribution in [0.1, 0.15) is 36.5 Å². The number of hydrogen-bond donors (Lipinski definition) is 2. The number of ether oxygens (including phenoxy) is 1. The number of nitrogens with one attached hydrogen (secondary N) is 2. The molecule has 1 aromatic rings. The van der Waals surface area contributed by atoms with Crippen molar-refractivity contribution < 1.29 is 22.7 Å². The van der Waals surface area contributed by atoms with Gasteiger partial charge in [-0.1, -0.05) is 6.07 Å². The topological polar surface area (TPSA) is 50.4 Å². The zero-order chi connectivity index (χ0) is 17.0. The molecular formula is C16H21F3N2O2.